The van der Waals surface area contributed by atoms with Crippen molar-refractivity contribution in [2.45, 2.75) is 51.7 Å². The number of nitrogens with zero attached hydrogens (tertiary/aromatic N) is 5. The van der Waals surface area contributed by atoms with Crippen molar-refractivity contribution in [1.82, 2.24) is 24.8 Å². The van der Waals surface area contributed by atoms with Crippen molar-refractivity contribution in [3.63, 3.8) is 0 Å². The number of carbonyl (C=O) groups is 1. The first-order valence-electron chi connectivity index (χ1n) is 9.44. The highest BCUT2D eigenvalue weighted by Gasteiger charge is 2.29. The molecule has 0 bridgehead atoms. The summed E-state index contributed by atoms with van der Waals surface area (Å²) in [5.41, 5.74) is 3.58. The van der Waals surface area contributed by atoms with Crippen LogP contribution in [0.3, 0.4) is 0 Å². The molecule has 26 heavy (non-hydrogen) atoms. The van der Waals surface area contributed by atoms with Crippen LogP contribution in [0.2, 0.25) is 0 Å². The molecule has 0 radical (unpaired) electrons. The summed E-state index contributed by atoms with van der Waals surface area (Å²) in [6, 6.07) is 4.13. The number of fused-ring (bicyclic) bond motifs is 1. The Hall–Kier alpha value is -2.34. The lowest BCUT2D eigenvalue weighted by Gasteiger charge is -2.35. The van der Waals surface area contributed by atoms with Crippen LogP contribution in [0, 0.1) is 0 Å². The van der Waals surface area contributed by atoms with Crippen LogP contribution in [-0.2, 0) is 24.3 Å². The molecule has 0 saturated carbocycles. The van der Waals surface area contributed by atoms with E-state index in [0.29, 0.717) is 0 Å². The van der Waals surface area contributed by atoms with E-state index in [4.69, 9.17) is 4.98 Å². The van der Waals surface area contributed by atoms with Gasteiger partial charge in [-0.2, -0.15) is 0 Å². The fourth-order valence-corrected chi connectivity index (χ4v) is 4.01. The Labute approximate surface area is 154 Å². The first-order chi connectivity index (χ1) is 12.7. The first kappa shape index (κ1) is 17.1. The minimum atomic E-state index is 0.0416. The van der Waals surface area contributed by atoms with Gasteiger partial charge in [-0.05, 0) is 30.9 Å². The van der Waals surface area contributed by atoms with E-state index < -0.39 is 0 Å². The third-order valence-corrected chi connectivity index (χ3v) is 5.37. The Balaban J connectivity index is 1.49. The molecule has 4 rings (SSSR count). The summed E-state index contributed by atoms with van der Waals surface area (Å²) in [6.45, 7) is 5.22. The largest absolute Gasteiger partial charge is 0.333 e. The second-order valence-corrected chi connectivity index (χ2v) is 7.25. The highest BCUT2D eigenvalue weighted by molar-refractivity contribution is 5.73. The Bertz CT molecular complexity index is 779. The third-order valence-electron chi connectivity index (χ3n) is 5.37. The summed E-state index contributed by atoms with van der Waals surface area (Å²) >= 11 is 0. The molecule has 1 atom stereocenters. The molecule has 0 spiro atoms. The monoisotopic (exact) mass is 351 g/mol. The summed E-state index contributed by atoms with van der Waals surface area (Å²) in [5.74, 6) is 0.943. The highest BCUT2D eigenvalue weighted by Crippen LogP contribution is 2.30. The molecular formula is C20H25N5O. The van der Waals surface area contributed by atoms with Gasteiger partial charge in [-0.1, -0.05) is 6.07 Å². The van der Waals surface area contributed by atoms with Gasteiger partial charge in [-0.15, -0.1) is 0 Å². The molecular weight excluding hydrogens is 326 g/mol. The van der Waals surface area contributed by atoms with E-state index in [1.165, 1.54) is 11.1 Å². The zero-order valence-corrected chi connectivity index (χ0v) is 15.3. The van der Waals surface area contributed by atoms with Crippen molar-refractivity contribution < 1.29 is 4.79 Å². The SMILES string of the molecule is CC(=O)N1CCCC[C@H]1c1ncc2c(n1)CCN(Cc1cccnc1)C2. The Morgan fingerprint density at radius 3 is 3.00 bits per heavy atom. The van der Waals surface area contributed by atoms with E-state index in [1.807, 2.05) is 23.4 Å². The normalized spacial score (nSPS) is 20.7. The maximum absolute atomic E-state index is 11.9. The van der Waals surface area contributed by atoms with Crippen molar-refractivity contribution in [2.24, 2.45) is 0 Å². The quantitative estimate of drug-likeness (QED) is 0.850. The smallest absolute Gasteiger partial charge is 0.220 e. The zero-order valence-electron chi connectivity index (χ0n) is 15.3. The zero-order chi connectivity index (χ0) is 17.9. The van der Waals surface area contributed by atoms with Crippen LogP contribution in [0.5, 0.6) is 0 Å². The summed E-state index contributed by atoms with van der Waals surface area (Å²) in [6.07, 6.45) is 9.80. The van der Waals surface area contributed by atoms with Gasteiger partial charge in [0.1, 0.15) is 0 Å². The standard InChI is InChI=1S/C20H25N5O/c1-15(26)25-9-3-2-6-19(25)20-22-12-17-14-24(10-7-18(17)23-20)13-16-5-4-8-21-11-16/h4-5,8,11-12,19H,2-3,6-7,9-10,13-14H2,1H3/t19-/m0/s1. The van der Waals surface area contributed by atoms with E-state index in [9.17, 15) is 4.79 Å². The molecule has 2 aromatic rings. The molecule has 6 heteroatoms. The molecule has 0 aliphatic carbocycles. The van der Waals surface area contributed by atoms with Crippen LogP contribution in [0.25, 0.3) is 0 Å². The fraction of sp³-hybridized carbons (Fsp3) is 0.500. The predicted octanol–water partition coefficient (Wildman–Crippen LogP) is 2.50. The first-order valence-corrected chi connectivity index (χ1v) is 9.44. The molecule has 0 N–H and O–H groups in total. The molecule has 0 unspecified atom stereocenters. The Morgan fingerprint density at radius 1 is 1.27 bits per heavy atom. The average Bonchev–Trinajstić information content (AvgIpc) is 2.68. The van der Waals surface area contributed by atoms with Gasteiger partial charge in [0, 0.05) is 69.4 Å². The molecule has 6 nitrogen and oxygen atoms in total. The molecule has 4 heterocycles. The number of hydrogen-bond donors (Lipinski definition) is 0. The Kier molecular flexibility index (Phi) is 4.93. The number of likely N-dealkylation sites (tertiary alicyclic amines) is 1. The van der Waals surface area contributed by atoms with Gasteiger partial charge in [-0.3, -0.25) is 14.7 Å². The van der Waals surface area contributed by atoms with Crippen molar-refractivity contribution in [3.05, 3.63) is 53.4 Å². The molecule has 2 aromatic heterocycles. The second-order valence-electron chi connectivity index (χ2n) is 7.25. The summed E-state index contributed by atoms with van der Waals surface area (Å²) in [4.78, 5) is 30.0. The lowest BCUT2D eigenvalue weighted by molar-refractivity contribution is -0.132. The van der Waals surface area contributed by atoms with Gasteiger partial charge >= 0.3 is 0 Å². The van der Waals surface area contributed by atoms with Crippen molar-refractivity contribution in [1.29, 1.82) is 0 Å². The molecule has 0 aromatic carbocycles. The summed E-state index contributed by atoms with van der Waals surface area (Å²) in [5, 5.41) is 0. The maximum atomic E-state index is 11.9. The molecule has 1 saturated heterocycles. The molecule has 136 valence electrons. The minimum Gasteiger partial charge on any atom is -0.333 e. The van der Waals surface area contributed by atoms with Gasteiger partial charge in [0.15, 0.2) is 5.82 Å². The summed E-state index contributed by atoms with van der Waals surface area (Å²) < 4.78 is 0. The van der Waals surface area contributed by atoms with Gasteiger partial charge in [-0.25, -0.2) is 9.97 Å². The number of hydrogen-bond acceptors (Lipinski definition) is 5. The van der Waals surface area contributed by atoms with Gasteiger partial charge in [0.25, 0.3) is 0 Å². The van der Waals surface area contributed by atoms with Gasteiger partial charge in [0.05, 0.1) is 6.04 Å². The number of pyridine rings is 1. The van der Waals surface area contributed by atoms with Crippen molar-refractivity contribution in [2.75, 3.05) is 13.1 Å². The van der Waals surface area contributed by atoms with Gasteiger partial charge in [0.2, 0.25) is 5.91 Å². The van der Waals surface area contributed by atoms with Crippen LogP contribution in [0.4, 0.5) is 0 Å². The molecule has 1 amide bonds. The Morgan fingerprint density at radius 2 is 2.19 bits per heavy atom. The fourth-order valence-electron chi connectivity index (χ4n) is 4.01. The molecule has 1 fully saturated rings. The minimum absolute atomic E-state index is 0.0416. The lowest BCUT2D eigenvalue weighted by Crippen LogP contribution is -2.38. The van der Waals surface area contributed by atoms with E-state index in [1.54, 1.807) is 13.1 Å². The molecule has 2 aliphatic rings. The van der Waals surface area contributed by atoms with Crippen LogP contribution in [-0.4, -0.2) is 43.7 Å². The van der Waals surface area contributed by atoms with E-state index in [0.717, 1.165) is 63.4 Å². The number of carbonyl (C=O) groups excluding carboxylic acids is 1. The van der Waals surface area contributed by atoms with Crippen LogP contribution in [0.15, 0.2) is 30.7 Å². The van der Waals surface area contributed by atoms with Crippen LogP contribution >= 0.6 is 0 Å². The van der Waals surface area contributed by atoms with Crippen LogP contribution in [0.1, 0.15) is 54.9 Å². The topological polar surface area (TPSA) is 62.2 Å². The van der Waals surface area contributed by atoms with E-state index in [2.05, 4.69) is 20.9 Å². The summed E-state index contributed by atoms with van der Waals surface area (Å²) in [7, 11) is 0. The molecule has 2 aliphatic heterocycles. The predicted molar refractivity (Wildman–Crippen MR) is 98.1 cm³/mol. The second kappa shape index (κ2) is 7.50. The van der Waals surface area contributed by atoms with Gasteiger partial charge < -0.3 is 4.90 Å². The number of rotatable bonds is 3. The van der Waals surface area contributed by atoms with Crippen LogP contribution < -0.4 is 0 Å². The lowest BCUT2D eigenvalue weighted by atomic mass is 10.0. The van der Waals surface area contributed by atoms with E-state index in [-0.39, 0.29) is 11.9 Å². The average molecular weight is 351 g/mol. The number of amides is 1. The number of piperidine rings is 1. The third kappa shape index (κ3) is 3.60. The van der Waals surface area contributed by atoms with Crippen molar-refractivity contribution in [3.8, 4) is 0 Å². The van der Waals surface area contributed by atoms with Crippen molar-refractivity contribution >= 4 is 5.91 Å². The maximum Gasteiger partial charge on any atom is 0.220 e. The highest BCUT2D eigenvalue weighted by atomic mass is 16.2. The van der Waals surface area contributed by atoms with E-state index >= 15 is 0 Å². The number of aromatic nitrogens is 3.